The Bertz CT molecular complexity index is 1170. The van der Waals surface area contributed by atoms with E-state index in [2.05, 4.69) is 24.1 Å². The molecule has 0 spiro atoms. The topological polar surface area (TPSA) is 51.5 Å². The van der Waals surface area contributed by atoms with Gasteiger partial charge in [-0.25, -0.2) is 4.79 Å². The summed E-state index contributed by atoms with van der Waals surface area (Å²) in [6.45, 7) is 2.24. The number of aryl methyl sites for hydroxylation is 1. The summed E-state index contributed by atoms with van der Waals surface area (Å²) in [4.78, 5) is 21.4. The molecule has 1 aromatic carbocycles. The number of hydrogen-bond donors (Lipinski definition) is 0. The maximum absolute atomic E-state index is 12.0. The fourth-order valence-electron chi connectivity index (χ4n) is 4.01. The van der Waals surface area contributed by atoms with Crippen molar-refractivity contribution < 1.29 is 9.53 Å². The Morgan fingerprint density at radius 1 is 1.25 bits per heavy atom. The number of aromatic nitrogens is 1. The van der Waals surface area contributed by atoms with Crippen LogP contribution in [0.15, 0.2) is 64.6 Å². The van der Waals surface area contributed by atoms with Crippen molar-refractivity contribution in [2.45, 2.75) is 38.5 Å². The summed E-state index contributed by atoms with van der Waals surface area (Å²) in [5.41, 5.74) is 7.02. The average Bonchev–Trinajstić information content (AvgIpc) is 3.28. The van der Waals surface area contributed by atoms with Gasteiger partial charge in [-0.15, -0.1) is 0 Å². The van der Waals surface area contributed by atoms with Crippen LogP contribution in [-0.4, -0.2) is 23.8 Å². The third-order valence-electron chi connectivity index (χ3n) is 5.74. The average molecular weight is 465 g/mol. The van der Waals surface area contributed by atoms with Crippen LogP contribution in [0.5, 0.6) is 0 Å². The van der Waals surface area contributed by atoms with Crippen molar-refractivity contribution in [1.29, 1.82) is 0 Å². The molecule has 0 N–H and O–H groups in total. The summed E-state index contributed by atoms with van der Waals surface area (Å²) in [7, 11) is 1.42. The third-order valence-corrected chi connectivity index (χ3v) is 6.77. The highest BCUT2D eigenvalue weighted by Gasteiger charge is 2.19. The molecule has 1 aliphatic heterocycles. The van der Waals surface area contributed by atoms with Gasteiger partial charge in [0.25, 0.3) is 0 Å². The number of rotatable bonds is 6. The number of halogens is 1. The predicted molar refractivity (Wildman–Crippen MR) is 132 cm³/mol. The van der Waals surface area contributed by atoms with Crippen molar-refractivity contribution in [2.75, 3.05) is 7.11 Å². The molecule has 1 unspecified atom stereocenters. The van der Waals surface area contributed by atoms with E-state index < -0.39 is 0 Å². The number of carbonyl (C=O) groups excluding carboxylic acids is 1. The highest BCUT2D eigenvalue weighted by molar-refractivity contribution is 7.08. The number of nitrogens with zero attached hydrogens (tertiary/aromatic N) is 2. The first-order chi connectivity index (χ1) is 15.6. The van der Waals surface area contributed by atoms with Crippen LogP contribution in [0.2, 0.25) is 5.02 Å². The van der Waals surface area contributed by atoms with Crippen molar-refractivity contribution in [3.63, 3.8) is 0 Å². The molecule has 2 aromatic heterocycles. The molecule has 0 fully saturated rings. The largest absolute Gasteiger partial charge is 0.465 e. The van der Waals surface area contributed by atoms with Crippen LogP contribution < -0.4 is 0 Å². The Kier molecular flexibility index (Phi) is 7.18. The van der Waals surface area contributed by atoms with Crippen molar-refractivity contribution in [3.8, 4) is 0 Å². The number of esters is 1. The molecule has 1 atom stereocenters. The van der Waals surface area contributed by atoms with E-state index in [1.54, 1.807) is 6.20 Å². The van der Waals surface area contributed by atoms with Gasteiger partial charge in [0, 0.05) is 39.6 Å². The second kappa shape index (κ2) is 10.2. The smallest absolute Gasteiger partial charge is 0.338 e. The van der Waals surface area contributed by atoms with Crippen molar-refractivity contribution in [2.24, 2.45) is 4.99 Å². The zero-order chi connectivity index (χ0) is 22.5. The van der Waals surface area contributed by atoms with E-state index in [-0.39, 0.29) is 5.97 Å². The number of ether oxygens (including phenoxy) is 1. The van der Waals surface area contributed by atoms with E-state index in [4.69, 9.17) is 21.3 Å². The molecule has 164 valence electrons. The Labute approximate surface area is 197 Å². The molecule has 0 radical (unpaired) electrons. The summed E-state index contributed by atoms with van der Waals surface area (Å²) >= 11 is 7.92. The summed E-state index contributed by atoms with van der Waals surface area (Å²) in [5, 5.41) is 4.59. The zero-order valence-corrected chi connectivity index (χ0v) is 19.7. The second-order valence-electron chi connectivity index (χ2n) is 7.91. The van der Waals surface area contributed by atoms with E-state index in [0.717, 1.165) is 53.8 Å². The third kappa shape index (κ3) is 5.00. The minimum atomic E-state index is -0.280. The van der Waals surface area contributed by atoms with E-state index in [1.165, 1.54) is 24.0 Å². The number of benzene rings is 1. The quantitative estimate of drug-likeness (QED) is 0.371. The second-order valence-corrected chi connectivity index (χ2v) is 9.09. The highest BCUT2D eigenvalue weighted by Crippen LogP contribution is 2.32. The van der Waals surface area contributed by atoms with Gasteiger partial charge in [0.1, 0.15) is 0 Å². The van der Waals surface area contributed by atoms with Crippen molar-refractivity contribution in [3.05, 3.63) is 92.4 Å². The van der Waals surface area contributed by atoms with Crippen LogP contribution in [0.3, 0.4) is 0 Å². The van der Waals surface area contributed by atoms with Gasteiger partial charge in [-0.1, -0.05) is 30.7 Å². The number of allylic oxidation sites excluding steroid dienone is 1. The summed E-state index contributed by atoms with van der Waals surface area (Å²) < 4.78 is 4.91. The minimum absolute atomic E-state index is 0.280. The Hall–Kier alpha value is -2.76. The predicted octanol–water partition coefficient (Wildman–Crippen LogP) is 6.94. The van der Waals surface area contributed by atoms with Gasteiger partial charge >= 0.3 is 5.97 Å². The number of pyridine rings is 1. The van der Waals surface area contributed by atoms with E-state index in [9.17, 15) is 4.79 Å². The Balaban J connectivity index is 1.66. The molecule has 0 amide bonds. The van der Waals surface area contributed by atoms with Crippen molar-refractivity contribution >= 4 is 40.3 Å². The molecule has 0 bridgehead atoms. The lowest BCUT2D eigenvalue weighted by atomic mass is 9.87. The van der Waals surface area contributed by atoms with E-state index >= 15 is 0 Å². The molecule has 6 heteroatoms. The number of aliphatic imine (C=N–C) groups is 1. The first-order valence-corrected chi connectivity index (χ1v) is 12.0. The molecule has 0 aliphatic carbocycles. The molecular formula is C26H25ClN2O2S. The maximum atomic E-state index is 12.0. The summed E-state index contributed by atoms with van der Waals surface area (Å²) in [6, 6.07) is 10.1. The zero-order valence-electron chi connectivity index (χ0n) is 18.2. The highest BCUT2D eigenvalue weighted by atomic mass is 35.5. The molecule has 3 aromatic rings. The lowest BCUT2D eigenvalue weighted by Crippen LogP contribution is -2.11. The molecule has 4 rings (SSSR count). The number of hydrogen-bond acceptors (Lipinski definition) is 5. The van der Waals surface area contributed by atoms with Crippen LogP contribution in [0.25, 0.3) is 5.70 Å². The lowest BCUT2D eigenvalue weighted by Gasteiger charge is -2.21. The Morgan fingerprint density at radius 2 is 2.12 bits per heavy atom. The molecule has 0 saturated heterocycles. The first kappa shape index (κ1) is 22.4. The van der Waals surface area contributed by atoms with Gasteiger partial charge in [0.15, 0.2) is 0 Å². The van der Waals surface area contributed by atoms with E-state index in [1.807, 2.05) is 41.2 Å². The molecule has 1 aliphatic rings. The van der Waals surface area contributed by atoms with Gasteiger partial charge < -0.3 is 4.74 Å². The SMILES string of the molecule is COC(=O)c1cscc1CCCC1=N/C(c2cccnc2)=C/CC(C)c2ccc(Cl)cc21. The van der Waals surface area contributed by atoms with Crippen LogP contribution in [-0.2, 0) is 11.2 Å². The fraction of sp³-hybridized carbons (Fsp3) is 0.269. The van der Waals surface area contributed by atoms with Gasteiger partial charge in [-0.3, -0.25) is 9.98 Å². The molecule has 0 saturated carbocycles. The number of thiophene rings is 1. The van der Waals surface area contributed by atoms with Gasteiger partial charge in [-0.2, -0.15) is 11.3 Å². The van der Waals surface area contributed by atoms with Crippen molar-refractivity contribution in [1.82, 2.24) is 4.98 Å². The van der Waals surface area contributed by atoms with Crippen LogP contribution in [0.1, 0.15) is 64.7 Å². The number of methoxy groups -OCH3 is 1. The Morgan fingerprint density at radius 3 is 2.91 bits per heavy atom. The minimum Gasteiger partial charge on any atom is -0.465 e. The molecular weight excluding hydrogens is 440 g/mol. The van der Waals surface area contributed by atoms with E-state index in [0.29, 0.717) is 16.5 Å². The van der Waals surface area contributed by atoms with Crippen LogP contribution in [0, 0.1) is 0 Å². The molecule has 32 heavy (non-hydrogen) atoms. The van der Waals surface area contributed by atoms with Gasteiger partial charge in [0.2, 0.25) is 0 Å². The standard InChI is InChI=1S/C26H25ClN2O2S/c1-17-8-11-24(18-6-4-12-28-14-18)29-25(22-13-20(27)9-10-21(17)22)7-3-5-19-15-32-16-23(19)26(30)31-2/h4,6,9-17H,3,5,7-8H2,1-2H3/b24-11+,29-25?. The van der Waals surface area contributed by atoms with Gasteiger partial charge in [-0.05, 0) is 72.4 Å². The normalized spacial score (nSPS) is 17.4. The maximum Gasteiger partial charge on any atom is 0.338 e. The number of carbonyl (C=O) groups is 1. The summed E-state index contributed by atoms with van der Waals surface area (Å²) in [5.74, 6) is 0.0690. The molecule has 4 nitrogen and oxygen atoms in total. The van der Waals surface area contributed by atoms with Crippen LogP contribution >= 0.6 is 22.9 Å². The molecule has 3 heterocycles. The van der Waals surface area contributed by atoms with Gasteiger partial charge in [0.05, 0.1) is 18.4 Å². The fourth-order valence-corrected chi connectivity index (χ4v) is 5.05. The first-order valence-electron chi connectivity index (χ1n) is 10.7. The lowest BCUT2D eigenvalue weighted by molar-refractivity contribution is 0.0600. The summed E-state index contributed by atoms with van der Waals surface area (Å²) in [6.07, 6.45) is 9.14. The van der Waals surface area contributed by atoms with Crippen LogP contribution in [0.4, 0.5) is 0 Å². The number of fused-ring (bicyclic) bond motifs is 1. The monoisotopic (exact) mass is 464 g/mol.